The summed E-state index contributed by atoms with van der Waals surface area (Å²) in [6, 6.07) is 15.4. The first-order valence-corrected chi connectivity index (χ1v) is 18.7. The van der Waals surface area contributed by atoms with Crippen molar-refractivity contribution in [3.05, 3.63) is 160 Å². The zero-order valence-electron chi connectivity index (χ0n) is 33.0. The van der Waals surface area contributed by atoms with Crippen molar-refractivity contribution in [3.8, 4) is 0 Å². The first kappa shape index (κ1) is 53.9. The lowest BCUT2D eigenvalue weighted by Crippen LogP contribution is -2.09. The van der Waals surface area contributed by atoms with Crippen molar-refractivity contribution < 1.29 is 23.1 Å². The number of halogens is 5. The standard InChI is InChI=1S/C28H25Cl2F3N2.C8H11N.C2H4O2.2C2H6.CH4S/c1-5-23(28(31,32)33)14-11-20(2)22-10-6-8-21(12-13-22)9-7-17-34-27(19-35(3)4)25-16-15-24(29)18-26(25)30;1-2-9-8-6-4-3-5-7-8;1-2(3)4;3*1-2/h5-9,11-19H,1H2,2-4H3;3-7,9H,2H2,1H3;1H3,(H,3,4);2*1-2H3;2H,1H3/b9-7+,20-11+,23-14+,27-19-,34-17+;;;;;. The third-order valence-electron chi connectivity index (χ3n) is 5.77. The van der Waals surface area contributed by atoms with E-state index in [1.54, 1.807) is 49.8 Å². The fourth-order valence-corrected chi connectivity index (χ4v) is 4.11. The van der Waals surface area contributed by atoms with Gasteiger partial charge in [-0.05, 0) is 92.0 Å². The maximum atomic E-state index is 12.9. The molecule has 1 aliphatic rings. The second-order valence-corrected chi connectivity index (χ2v) is 10.9. The van der Waals surface area contributed by atoms with Crippen molar-refractivity contribution in [2.24, 2.45) is 4.99 Å². The predicted octanol–water partition coefficient (Wildman–Crippen LogP) is 13.5. The molecule has 0 saturated carbocycles. The zero-order valence-corrected chi connectivity index (χ0v) is 35.4. The quantitative estimate of drug-likeness (QED) is 0.0968. The minimum absolute atomic E-state index is 0.499. The van der Waals surface area contributed by atoms with Crippen LogP contribution in [0, 0.1) is 0 Å². The number of carboxylic acids is 1. The topological polar surface area (TPSA) is 64.9 Å². The highest BCUT2D eigenvalue weighted by molar-refractivity contribution is 7.79. The SMILES string of the molecule is C=C/C(=C\C=C(/C)C1=C=CC=C(/C=C/C=N/C(=C\N(C)C)c2ccc(Cl)cc2Cl)C=C1)C(F)(F)F.CC.CC.CC(=O)O.CCNc1ccccc1.CS. The molecule has 2 aromatic rings. The van der Waals surface area contributed by atoms with Gasteiger partial charge in [0, 0.05) is 61.8 Å². The summed E-state index contributed by atoms with van der Waals surface area (Å²) in [5, 5.41) is 11.7. The average molecular weight is 807 g/mol. The number of carboxylic acid groups (broad SMARTS) is 1. The summed E-state index contributed by atoms with van der Waals surface area (Å²) in [6.45, 7) is 17.1. The van der Waals surface area contributed by atoms with Crippen LogP contribution in [0.1, 0.15) is 54.0 Å². The Kier molecular flexibility index (Phi) is 33.2. The van der Waals surface area contributed by atoms with Crippen LogP contribution in [-0.2, 0) is 4.79 Å². The number of thiol groups is 1. The molecule has 54 heavy (non-hydrogen) atoms. The molecule has 0 bridgehead atoms. The van der Waals surface area contributed by atoms with Gasteiger partial charge in [-0.3, -0.25) is 9.79 Å². The molecule has 3 rings (SSSR count). The minimum atomic E-state index is -4.44. The summed E-state index contributed by atoms with van der Waals surface area (Å²) in [4.78, 5) is 15.4. The molecule has 0 atom stereocenters. The molecule has 0 unspecified atom stereocenters. The molecule has 0 radical (unpaired) electrons. The number of carbonyl (C=O) groups is 1. The first-order chi connectivity index (χ1) is 25.7. The average Bonchev–Trinajstić information content (AvgIpc) is 3.38. The predicted molar refractivity (Wildman–Crippen MR) is 234 cm³/mol. The van der Waals surface area contributed by atoms with Gasteiger partial charge in [0.05, 0.1) is 16.3 Å². The van der Waals surface area contributed by atoms with Gasteiger partial charge in [0.2, 0.25) is 0 Å². The van der Waals surface area contributed by atoms with Gasteiger partial charge in [-0.25, -0.2) is 0 Å². The van der Waals surface area contributed by atoms with Crippen LogP contribution in [0.5, 0.6) is 0 Å². The van der Waals surface area contributed by atoms with Crippen molar-refractivity contribution in [2.75, 3.05) is 32.2 Å². The van der Waals surface area contributed by atoms with Crippen LogP contribution < -0.4 is 5.32 Å². The van der Waals surface area contributed by atoms with E-state index >= 15 is 0 Å². The Morgan fingerprint density at radius 1 is 1.02 bits per heavy atom. The first-order valence-electron chi connectivity index (χ1n) is 17.1. The van der Waals surface area contributed by atoms with E-state index in [1.165, 1.54) is 11.8 Å². The van der Waals surface area contributed by atoms with Crippen LogP contribution >= 0.6 is 35.8 Å². The summed E-state index contributed by atoms with van der Waals surface area (Å²) >= 11 is 15.9. The minimum Gasteiger partial charge on any atom is -0.481 e. The third-order valence-corrected chi connectivity index (χ3v) is 6.32. The molecule has 0 spiro atoms. The van der Waals surface area contributed by atoms with E-state index < -0.39 is 17.7 Å². The number of hydrogen-bond acceptors (Lipinski definition) is 5. The molecule has 2 aromatic carbocycles. The number of nitrogens with one attached hydrogen (secondary N) is 1. The second-order valence-electron chi connectivity index (χ2n) is 10.1. The Morgan fingerprint density at radius 3 is 2.11 bits per heavy atom. The number of aliphatic imine (C=N–C) groups is 1. The largest absolute Gasteiger partial charge is 0.481 e. The molecule has 0 heterocycles. The number of anilines is 1. The van der Waals surface area contributed by atoms with Gasteiger partial charge in [0.15, 0.2) is 0 Å². The van der Waals surface area contributed by atoms with Gasteiger partial charge in [-0.1, -0.05) is 100.0 Å². The lowest BCUT2D eigenvalue weighted by molar-refractivity contribution is -0.134. The van der Waals surface area contributed by atoms with Crippen molar-refractivity contribution in [1.82, 2.24) is 4.90 Å². The van der Waals surface area contributed by atoms with Gasteiger partial charge in [-0.15, -0.1) is 5.73 Å². The maximum Gasteiger partial charge on any atom is 0.416 e. The highest BCUT2D eigenvalue weighted by Crippen LogP contribution is 2.28. The van der Waals surface area contributed by atoms with E-state index in [0.29, 0.717) is 26.9 Å². The van der Waals surface area contributed by atoms with Gasteiger partial charge >= 0.3 is 6.18 Å². The molecule has 11 heteroatoms. The Hall–Kier alpha value is -4.40. The smallest absolute Gasteiger partial charge is 0.416 e. The zero-order chi connectivity index (χ0) is 42.1. The Labute approximate surface area is 337 Å². The summed E-state index contributed by atoms with van der Waals surface area (Å²) in [5.41, 5.74) is 7.06. The van der Waals surface area contributed by atoms with Crippen LogP contribution in [0.25, 0.3) is 5.70 Å². The van der Waals surface area contributed by atoms with Crippen LogP contribution in [-0.4, -0.2) is 55.3 Å². The van der Waals surface area contributed by atoms with E-state index in [9.17, 15) is 13.2 Å². The number of rotatable bonds is 10. The number of allylic oxidation sites excluding steroid dienone is 12. The molecule has 0 amide bonds. The summed E-state index contributed by atoms with van der Waals surface area (Å²) in [5.74, 6) is -0.833. The second kappa shape index (κ2) is 33.2. The fraction of sp³-hybridized carbons (Fsp3) is 0.279. The molecule has 0 saturated heterocycles. The summed E-state index contributed by atoms with van der Waals surface area (Å²) in [6.07, 6.45) is 14.8. The van der Waals surface area contributed by atoms with Crippen molar-refractivity contribution in [1.29, 1.82) is 0 Å². The lowest BCUT2D eigenvalue weighted by atomic mass is 10.1. The summed E-state index contributed by atoms with van der Waals surface area (Å²) < 4.78 is 38.6. The molecule has 5 nitrogen and oxygen atoms in total. The van der Waals surface area contributed by atoms with Crippen molar-refractivity contribution in [2.45, 2.75) is 54.6 Å². The van der Waals surface area contributed by atoms with Gasteiger partial charge < -0.3 is 15.3 Å². The number of para-hydroxylation sites is 1. The van der Waals surface area contributed by atoms with E-state index in [1.807, 2.05) is 95.4 Å². The number of nitrogens with zero attached hydrogens (tertiary/aromatic N) is 2. The number of hydrogen-bond donors (Lipinski definition) is 3. The van der Waals surface area contributed by atoms with Gasteiger partial charge in [0.1, 0.15) is 0 Å². The number of benzene rings is 2. The van der Waals surface area contributed by atoms with E-state index in [2.05, 4.69) is 54.3 Å². The van der Waals surface area contributed by atoms with Crippen LogP contribution in [0.3, 0.4) is 0 Å². The van der Waals surface area contributed by atoms with Crippen LogP contribution in [0.15, 0.2) is 149 Å². The summed E-state index contributed by atoms with van der Waals surface area (Å²) in [7, 11) is 3.78. The van der Waals surface area contributed by atoms with Crippen LogP contribution in [0.2, 0.25) is 10.0 Å². The highest BCUT2D eigenvalue weighted by Gasteiger charge is 2.30. The monoisotopic (exact) mass is 805 g/mol. The molecular weight excluding hydrogens is 750 g/mol. The molecule has 0 aromatic heterocycles. The third kappa shape index (κ3) is 26.4. The Bertz CT molecular complexity index is 1660. The lowest BCUT2D eigenvalue weighted by Gasteiger charge is -2.10. The fourth-order valence-electron chi connectivity index (χ4n) is 3.60. The molecule has 0 aliphatic heterocycles. The van der Waals surface area contributed by atoms with E-state index in [0.717, 1.165) is 36.8 Å². The molecule has 296 valence electrons. The van der Waals surface area contributed by atoms with Crippen LogP contribution in [0.4, 0.5) is 18.9 Å². The highest BCUT2D eigenvalue weighted by atomic mass is 35.5. The Balaban J connectivity index is -0.00000113. The van der Waals surface area contributed by atoms with E-state index in [4.69, 9.17) is 33.1 Å². The molecule has 0 fully saturated rings. The number of aliphatic carboxylic acids is 1. The van der Waals surface area contributed by atoms with E-state index in [-0.39, 0.29) is 0 Å². The number of alkyl halides is 3. The molecule has 2 N–H and O–H groups in total. The molecule has 1 aliphatic carbocycles. The van der Waals surface area contributed by atoms with Crippen molar-refractivity contribution >= 4 is 59.4 Å². The van der Waals surface area contributed by atoms with Gasteiger partial charge in [-0.2, -0.15) is 25.8 Å². The Morgan fingerprint density at radius 2 is 1.61 bits per heavy atom. The van der Waals surface area contributed by atoms with Crippen molar-refractivity contribution in [3.63, 3.8) is 0 Å². The maximum absolute atomic E-state index is 12.9. The molecular formula is C43H56Cl2F3N3O2S. The normalized spacial score (nSPS) is 12.3. The van der Waals surface area contributed by atoms with Gasteiger partial charge in [0.25, 0.3) is 5.97 Å².